The number of nitrogens with one attached hydrogen (secondary N) is 2. The van der Waals surface area contributed by atoms with Crippen molar-refractivity contribution in [2.45, 2.75) is 46.2 Å². The van der Waals surface area contributed by atoms with Crippen LogP contribution in [0.5, 0.6) is 0 Å². The summed E-state index contributed by atoms with van der Waals surface area (Å²) in [4.78, 5) is 5.14. The lowest BCUT2D eigenvalue weighted by Gasteiger charge is -2.42. The Balaban J connectivity index is 1.64. The molecule has 3 N–H and O–H groups in total. The van der Waals surface area contributed by atoms with Crippen molar-refractivity contribution in [3.63, 3.8) is 0 Å². The molecule has 1 aromatic rings. The average Bonchev–Trinajstić information content (AvgIpc) is 3.11. The van der Waals surface area contributed by atoms with Crippen LogP contribution >= 0.6 is 0 Å². The molecule has 3 atom stereocenters. The number of piperazine rings is 1. The lowest BCUT2D eigenvalue weighted by Crippen LogP contribution is -2.54. The van der Waals surface area contributed by atoms with Crippen LogP contribution in [-0.2, 0) is 0 Å². The first kappa shape index (κ1) is 21.5. The van der Waals surface area contributed by atoms with Crippen LogP contribution in [0.15, 0.2) is 29.8 Å². The number of nitrogens with zero attached hydrogens (tertiary/aromatic N) is 2. The second kappa shape index (κ2) is 9.99. The number of hydrogen-bond acceptors (Lipinski definition) is 5. The molecule has 2 fully saturated rings. The van der Waals surface area contributed by atoms with Crippen LogP contribution < -0.4 is 10.9 Å². The van der Waals surface area contributed by atoms with Crippen molar-refractivity contribution in [3.05, 3.63) is 46.5 Å². The van der Waals surface area contributed by atoms with Crippen molar-refractivity contribution < 1.29 is 5.11 Å². The molecule has 2 heterocycles. The molecule has 5 heteroatoms. The molecule has 5 nitrogen and oxygen atoms in total. The molecule has 0 amide bonds. The van der Waals surface area contributed by atoms with Gasteiger partial charge in [0.1, 0.15) is 0 Å². The topological polar surface area (TPSA) is 50.8 Å². The highest BCUT2D eigenvalue weighted by Crippen LogP contribution is 2.29. The highest BCUT2D eigenvalue weighted by molar-refractivity contribution is 5.34. The number of hydrazine groups is 1. The second-order valence-electron chi connectivity index (χ2n) is 8.83. The summed E-state index contributed by atoms with van der Waals surface area (Å²) in [6.45, 7) is 15.3. The van der Waals surface area contributed by atoms with E-state index in [0.29, 0.717) is 18.0 Å². The van der Waals surface area contributed by atoms with Crippen LogP contribution in [0.2, 0.25) is 0 Å². The van der Waals surface area contributed by atoms with Gasteiger partial charge in [-0.3, -0.25) is 10.3 Å². The Morgan fingerprint density at radius 2 is 2.07 bits per heavy atom. The van der Waals surface area contributed by atoms with Crippen LogP contribution in [-0.4, -0.2) is 66.8 Å². The maximum absolute atomic E-state index is 9.55. The Hall–Kier alpha value is -1.24. The van der Waals surface area contributed by atoms with Gasteiger partial charge in [-0.25, -0.2) is 5.43 Å². The summed E-state index contributed by atoms with van der Waals surface area (Å²) in [7, 11) is 0. The summed E-state index contributed by atoms with van der Waals surface area (Å²) in [5, 5.41) is 9.55. The normalized spacial score (nSPS) is 26.5. The van der Waals surface area contributed by atoms with Gasteiger partial charge in [-0.05, 0) is 45.2 Å². The molecule has 3 rings (SSSR count). The van der Waals surface area contributed by atoms with Crippen LogP contribution in [0.4, 0.5) is 0 Å². The minimum absolute atomic E-state index is 0.265. The van der Waals surface area contributed by atoms with E-state index in [-0.39, 0.29) is 6.61 Å². The molecule has 3 unspecified atom stereocenters. The summed E-state index contributed by atoms with van der Waals surface area (Å²) in [6.07, 6.45) is 3.16. The number of aliphatic hydroxyl groups excluding tert-OH is 1. The van der Waals surface area contributed by atoms with Gasteiger partial charge in [0.25, 0.3) is 0 Å². The number of rotatable bonds is 7. The lowest BCUT2D eigenvalue weighted by atomic mass is 9.90. The van der Waals surface area contributed by atoms with Crippen LogP contribution in [0, 0.1) is 19.8 Å². The van der Waals surface area contributed by atoms with Crippen LogP contribution in [0.25, 0.3) is 0 Å². The zero-order valence-corrected chi connectivity index (χ0v) is 18.0. The first-order valence-electron chi connectivity index (χ1n) is 10.7. The minimum atomic E-state index is 0.265. The Labute approximate surface area is 170 Å². The summed E-state index contributed by atoms with van der Waals surface area (Å²) in [5.41, 5.74) is 12.4. The maximum atomic E-state index is 9.55. The molecule has 156 valence electrons. The van der Waals surface area contributed by atoms with Crippen LogP contribution in [0.3, 0.4) is 0 Å². The molecular weight excluding hydrogens is 348 g/mol. The lowest BCUT2D eigenvalue weighted by molar-refractivity contribution is 0.0586. The molecule has 0 radical (unpaired) electrons. The number of allylic oxidation sites excluding steroid dienone is 1. The highest BCUT2D eigenvalue weighted by atomic mass is 16.3. The smallest absolute Gasteiger partial charge is 0.0518 e. The zero-order chi connectivity index (χ0) is 20.1. The van der Waals surface area contributed by atoms with E-state index in [1.54, 1.807) is 0 Å². The number of hydrogen-bond donors (Lipinski definition) is 3. The Bertz CT molecular complexity index is 671. The van der Waals surface area contributed by atoms with E-state index in [1.165, 1.54) is 22.3 Å². The van der Waals surface area contributed by atoms with E-state index < -0.39 is 0 Å². The monoisotopic (exact) mass is 386 g/mol. The van der Waals surface area contributed by atoms with Crippen molar-refractivity contribution in [2.75, 3.05) is 45.9 Å². The summed E-state index contributed by atoms with van der Waals surface area (Å²) in [5.74, 6) is 0.555. The van der Waals surface area contributed by atoms with Gasteiger partial charge in [0.05, 0.1) is 6.04 Å². The second-order valence-corrected chi connectivity index (χ2v) is 8.83. The number of aryl methyl sites for hydroxylation is 2. The maximum Gasteiger partial charge on any atom is 0.0518 e. The van der Waals surface area contributed by atoms with E-state index in [4.69, 9.17) is 0 Å². The SMILES string of the molecule is CC(C)=CCN1CCN(CC2CNNC2c2cc(C)ccc2C)CC1CCO. The quantitative estimate of drug-likeness (QED) is 0.629. The molecule has 0 aromatic heterocycles. The molecular formula is C23H38N4O. The van der Waals surface area contributed by atoms with E-state index in [9.17, 15) is 5.11 Å². The molecule has 0 spiro atoms. The van der Waals surface area contributed by atoms with E-state index >= 15 is 0 Å². The third-order valence-electron chi connectivity index (χ3n) is 6.24. The fraction of sp³-hybridized carbons (Fsp3) is 0.652. The first-order valence-corrected chi connectivity index (χ1v) is 10.7. The van der Waals surface area contributed by atoms with Crippen molar-refractivity contribution in [3.8, 4) is 0 Å². The van der Waals surface area contributed by atoms with Crippen molar-refractivity contribution >= 4 is 0 Å². The summed E-state index contributed by atoms with van der Waals surface area (Å²) >= 11 is 0. The fourth-order valence-corrected chi connectivity index (χ4v) is 4.55. The van der Waals surface area contributed by atoms with Gasteiger partial charge < -0.3 is 10.0 Å². The molecule has 0 aliphatic carbocycles. The van der Waals surface area contributed by atoms with Gasteiger partial charge in [-0.2, -0.15) is 0 Å². The highest BCUT2D eigenvalue weighted by Gasteiger charge is 2.33. The molecule has 28 heavy (non-hydrogen) atoms. The van der Waals surface area contributed by atoms with Gasteiger partial charge in [0.2, 0.25) is 0 Å². The van der Waals surface area contributed by atoms with E-state index in [1.807, 2.05) is 0 Å². The van der Waals surface area contributed by atoms with Crippen LogP contribution in [0.1, 0.15) is 43.0 Å². The molecule has 2 saturated heterocycles. The molecule has 2 aliphatic heterocycles. The summed E-state index contributed by atoms with van der Waals surface area (Å²) in [6, 6.07) is 7.57. The van der Waals surface area contributed by atoms with Gasteiger partial charge in [-0.1, -0.05) is 35.4 Å². The van der Waals surface area contributed by atoms with Gasteiger partial charge in [0, 0.05) is 57.8 Å². The summed E-state index contributed by atoms with van der Waals surface area (Å²) < 4.78 is 0. The van der Waals surface area contributed by atoms with Gasteiger partial charge >= 0.3 is 0 Å². The predicted octanol–water partition coefficient (Wildman–Crippen LogP) is 2.40. The third-order valence-corrected chi connectivity index (χ3v) is 6.24. The van der Waals surface area contributed by atoms with E-state index in [0.717, 1.165) is 45.7 Å². The van der Waals surface area contributed by atoms with Crippen molar-refractivity contribution in [1.29, 1.82) is 0 Å². The van der Waals surface area contributed by atoms with Gasteiger partial charge in [0.15, 0.2) is 0 Å². The van der Waals surface area contributed by atoms with E-state index in [2.05, 4.69) is 72.6 Å². The standard InChI is InChI=1S/C23H38N4O/c1-17(2)7-9-27-11-10-26(16-21(27)8-12-28)15-20-14-24-25-23(20)22-13-18(3)5-6-19(22)4/h5-7,13,20-21,23-25,28H,8-12,14-16H2,1-4H3. The van der Waals surface area contributed by atoms with Crippen molar-refractivity contribution in [2.24, 2.45) is 5.92 Å². The Morgan fingerprint density at radius 1 is 1.25 bits per heavy atom. The largest absolute Gasteiger partial charge is 0.396 e. The predicted molar refractivity (Wildman–Crippen MR) is 116 cm³/mol. The van der Waals surface area contributed by atoms with Crippen molar-refractivity contribution in [1.82, 2.24) is 20.7 Å². The first-order chi connectivity index (χ1) is 13.5. The molecule has 0 saturated carbocycles. The fourth-order valence-electron chi connectivity index (χ4n) is 4.55. The Morgan fingerprint density at radius 3 is 2.82 bits per heavy atom. The van der Waals surface area contributed by atoms with Gasteiger partial charge in [-0.15, -0.1) is 0 Å². The molecule has 2 aliphatic rings. The number of benzene rings is 1. The number of aliphatic hydroxyl groups is 1. The molecule has 1 aromatic carbocycles. The molecule has 0 bridgehead atoms. The Kier molecular flexibility index (Phi) is 7.66. The average molecular weight is 387 g/mol. The third kappa shape index (κ3) is 5.43. The zero-order valence-electron chi connectivity index (χ0n) is 18.0. The minimum Gasteiger partial charge on any atom is -0.396 e.